The summed E-state index contributed by atoms with van der Waals surface area (Å²) in [5, 5.41) is 1.75. The summed E-state index contributed by atoms with van der Waals surface area (Å²) in [6.45, 7) is 8.11. The van der Waals surface area contributed by atoms with E-state index in [2.05, 4.69) is 4.72 Å². The van der Waals surface area contributed by atoms with E-state index in [-0.39, 0.29) is 18.0 Å². The van der Waals surface area contributed by atoms with Gasteiger partial charge in [0.25, 0.3) is 0 Å². The Labute approximate surface area is 107 Å². The van der Waals surface area contributed by atoms with Crippen molar-refractivity contribution in [3.05, 3.63) is 16.3 Å². The second-order valence-corrected chi connectivity index (χ2v) is 7.80. The molecule has 0 aromatic carbocycles. The lowest BCUT2D eigenvalue weighted by Gasteiger charge is -2.27. The first-order chi connectivity index (χ1) is 7.68. The molecule has 3 N–H and O–H groups in total. The number of nitrogens with one attached hydrogen (secondary N) is 1. The zero-order valence-corrected chi connectivity index (χ0v) is 12.3. The molecule has 0 aliphatic rings. The number of hydrogen-bond donors (Lipinski definition) is 2. The van der Waals surface area contributed by atoms with Gasteiger partial charge in [-0.25, -0.2) is 13.1 Å². The molecule has 0 aliphatic carbocycles. The average molecular weight is 276 g/mol. The monoisotopic (exact) mass is 276 g/mol. The second-order valence-electron chi connectivity index (χ2n) is 5.12. The minimum absolute atomic E-state index is 0.119. The van der Waals surface area contributed by atoms with Crippen LogP contribution in [0.1, 0.15) is 32.6 Å². The molecule has 6 heteroatoms. The topological polar surface area (TPSA) is 72.2 Å². The van der Waals surface area contributed by atoms with Crippen LogP contribution < -0.4 is 10.5 Å². The minimum Gasteiger partial charge on any atom is -0.326 e. The molecule has 0 spiro atoms. The number of thiophene rings is 1. The fraction of sp³-hybridized carbons (Fsp3) is 0.636. The van der Waals surface area contributed by atoms with E-state index in [1.165, 1.54) is 11.3 Å². The van der Waals surface area contributed by atoms with Crippen LogP contribution in [0.15, 0.2) is 16.3 Å². The molecule has 0 fully saturated rings. The largest absolute Gasteiger partial charge is 0.326 e. The highest BCUT2D eigenvalue weighted by atomic mass is 32.2. The summed E-state index contributed by atoms with van der Waals surface area (Å²) < 4.78 is 27.0. The molecule has 17 heavy (non-hydrogen) atoms. The van der Waals surface area contributed by atoms with E-state index in [1.807, 2.05) is 27.7 Å². The van der Waals surface area contributed by atoms with Crippen LogP contribution in [-0.4, -0.2) is 14.5 Å². The van der Waals surface area contributed by atoms with Crippen LogP contribution >= 0.6 is 11.3 Å². The highest BCUT2D eigenvalue weighted by molar-refractivity contribution is 7.89. The third kappa shape index (κ3) is 3.51. The van der Waals surface area contributed by atoms with E-state index in [0.29, 0.717) is 9.77 Å². The van der Waals surface area contributed by atoms with Gasteiger partial charge in [0.15, 0.2) is 0 Å². The van der Waals surface area contributed by atoms with E-state index in [4.69, 9.17) is 5.73 Å². The lowest BCUT2D eigenvalue weighted by Crippen LogP contribution is -2.41. The van der Waals surface area contributed by atoms with Gasteiger partial charge in [-0.3, -0.25) is 0 Å². The molecule has 0 amide bonds. The predicted molar refractivity (Wildman–Crippen MR) is 71.4 cm³/mol. The minimum atomic E-state index is -3.46. The van der Waals surface area contributed by atoms with Crippen LogP contribution in [0.3, 0.4) is 0 Å². The zero-order chi connectivity index (χ0) is 13.3. The van der Waals surface area contributed by atoms with Crippen molar-refractivity contribution in [3.63, 3.8) is 0 Å². The second kappa shape index (κ2) is 5.06. The highest BCUT2D eigenvalue weighted by Gasteiger charge is 2.27. The maximum Gasteiger partial charge on any atom is 0.241 e. The Morgan fingerprint density at radius 3 is 2.53 bits per heavy atom. The standard InChI is InChI=1S/C11H20N2O2S2/c1-8(11(2,3)4)13-17(14,15)10-5-6-16-9(10)7-12/h5-6,8,13H,7,12H2,1-4H3. The summed E-state index contributed by atoms with van der Waals surface area (Å²) >= 11 is 1.37. The van der Waals surface area contributed by atoms with Gasteiger partial charge in [0, 0.05) is 17.5 Å². The first kappa shape index (κ1) is 14.6. The van der Waals surface area contributed by atoms with Crippen molar-refractivity contribution in [1.82, 2.24) is 4.72 Å². The van der Waals surface area contributed by atoms with Gasteiger partial charge >= 0.3 is 0 Å². The molecular weight excluding hydrogens is 256 g/mol. The van der Waals surface area contributed by atoms with Gasteiger partial charge in [0.05, 0.1) is 4.90 Å². The summed E-state index contributed by atoms with van der Waals surface area (Å²) in [5.41, 5.74) is 5.41. The number of nitrogens with two attached hydrogens (primary N) is 1. The van der Waals surface area contributed by atoms with Crippen molar-refractivity contribution in [2.24, 2.45) is 11.1 Å². The van der Waals surface area contributed by atoms with E-state index in [1.54, 1.807) is 11.4 Å². The molecule has 0 radical (unpaired) electrons. The molecule has 98 valence electrons. The number of sulfonamides is 1. The van der Waals surface area contributed by atoms with Crippen LogP contribution in [0.4, 0.5) is 0 Å². The lowest BCUT2D eigenvalue weighted by atomic mass is 9.89. The van der Waals surface area contributed by atoms with E-state index in [9.17, 15) is 8.42 Å². The van der Waals surface area contributed by atoms with Gasteiger partial charge in [-0.15, -0.1) is 11.3 Å². The predicted octanol–water partition coefficient (Wildman–Crippen LogP) is 1.92. The fourth-order valence-electron chi connectivity index (χ4n) is 1.19. The van der Waals surface area contributed by atoms with Crippen molar-refractivity contribution >= 4 is 21.4 Å². The van der Waals surface area contributed by atoms with Gasteiger partial charge in [-0.2, -0.15) is 0 Å². The Bertz CT molecular complexity index is 472. The summed E-state index contributed by atoms with van der Waals surface area (Å²) in [6, 6.07) is 1.46. The summed E-state index contributed by atoms with van der Waals surface area (Å²) in [6.07, 6.45) is 0. The van der Waals surface area contributed by atoms with Gasteiger partial charge < -0.3 is 5.73 Å². The van der Waals surface area contributed by atoms with Crippen LogP contribution in [0.5, 0.6) is 0 Å². The Balaban J connectivity index is 2.98. The van der Waals surface area contributed by atoms with Crippen LogP contribution in [-0.2, 0) is 16.6 Å². The summed E-state index contributed by atoms with van der Waals surface area (Å²) in [5.74, 6) is 0. The molecule has 1 aromatic heterocycles. The van der Waals surface area contributed by atoms with Crippen LogP contribution in [0.25, 0.3) is 0 Å². The molecule has 0 aliphatic heterocycles. The molecule has 0 bridgehead atoms. The summed E-state index contributed by atoms with van der Waals surface area (Å²) in [7, 11) is -3.46. The Hall–Kier alpha value is -0.430. The van der Waals surface area contributed by atoms with E-state index < -0.39 is 10.0 Å². The van der Waals surface area contributed by atoms with Crippen molar-refractivity contribution < 1.29 is 8.42 Å². The molecular formula is C11H20N2O2S2. The summed E-state index contributed by atoms with van der Waals surface area (Å²) in [4.78, 5) is 1.000. The molecule has 0 saturated heterocycles. The highest BCUT2D eigenvalue weighted by Crippen LogP contribution is 2.24. The Morgan fingerprint density at radius 2 is 2.06 bits per heavy atom. The van der Waals surface area contributed by atoms with Gasteiger partial charge in [0.1, 0.15) is 0 Å². The molecule has 1 rings (SSSR count). The SMILES string of the molecule is CC(NS(=O)(=O)c1ccsc1CN)C(C)(C)C. The number of rotatable bonds is 4. The van der Waals surface area contributed by atoms with Gasteiger partial charge in [0.2, 0.25) is 10.0 Å². The first-order valence-electron chi connectivity index (χ1n) is 5.47. The van der Waals surface area contributed by atoms with Crippen LogP contribution in [0, 0.1) is 5.41 Å². The van der Waals surface area contributed by atoms with E-state index in [0.717, 1.165) is 0 Å². The first-order valence-corrected chi connectivity index (χ1v) is 7.83. The molecule has 1 unspecified atom stereocenters. The molecule has 1 aromatic rings. The Morgan fingerprint density at radius 1 is 1.47 bits per heavy atom. The van der Waals surface area contributed by atoms with E-state index >= 15 is 0 Å². The average Bonchev–Trinajstić information content (AvgIpc) is 2.63. The maximum absolute atomic E-state index is 12.2. The smallest absolute Gasteiger partial charge is 0.241 e. The van der Waals surface area contributed by atoms with Gasteiger partial charge in [-0.1, -0.05) is 20.8 Å². The lowest BCUT2D eigenvalue weighted by molar-refractivity contribution is 0.317. The fourth-order valence-corrected chi connectivity index (χ4v) is 3.97. The van der Waals surface area contributed by atoms with Gasteiger partial charge in [-0.05, 0) is 23.8 Å². The number of hydrogen-bond acceptors (Lipinski definition) is 4. The van der Waals surface area contributed by atoms with Crippen molar-refractivity contribution in [3.8, 4) is 0 Å². The normalized spacial score (nSPS) is 14.9. The van der Waals surface area contributed by atoms with Crippen molar-refractivity contribution in [2.75, 3.05) is 0 Å². The van der Waals surface area contributed by atoms with Crippen molar-refractivity contribution in [2.45, 2.75) is 45.2 Å². The molecule has 0 saturated carbocycles. The molecule has 4 nitrogen and oxygen atoms in total. The third-order valence-electron chi connectivity index (χ3n) is 2.81. The zero-order valence-electron chi connectivity index (χ0n) is 10.6. The van der Waals surface area contributed by atoms with Crippen LogP contribution in [0.2, 0.25) is 0 Å². The van der Waals surface area contributed by atoms with Crippen molar-refractivity contribution in [1.29, 1.82) is 0 Å². The molecule has 1 heterocycles. The quantitative estimate of drug-likeness (QED) is 0.882. The maximum atomic E-state index is 12.2. The molecule has 1 atom stereocenters. The Kier molecular flexibility index (Phi) is 4.35. The third-order valence-corrected chi connectivity index (χ3v) is 5.51.